The highest BCUT2D eigenvalue weighted by Gasteiger charge is 2.12. The van der Waals surface area contributed by atoms with Gasteiger partial charge in [0.1, 0.15) is 5.75 Å². The van der Waals surface area contributed by atoms with Crippen molar-refractivity contribution in [1.82, 2.24) is 10.2 Å². The topological polar surface area (TPSA) is 77.2 Å². The molecule has 1 heterocycles. The van der Waals surface area contributed by atoms with E-state index in [1.54, 1.807) is 18.2 Å². The number of nitrogens with one attached hydrogen (secondary N) is 1. The Bertz CT molecular complexity index is 886. The molecule has 0 radical (unpaired) electrons. The van der Waals surface area contributed by atoms with Crippen LogP contribution in [0.25, 0.3) is 0 Å². The summed E-state index contributed by atoms with van der Waals surface area (Å²) in [7, 11) is 1.53. The summed E-state index contributed by atoms with van der Waals surface area (Å²) in [4.78, 5) is 12.1. The fraction of sp³-hybridized carbons (Fsp3) is 0.167. The van der Waals surface area contributed by atoms with Crippen LogP contribution >= 0.6 is 23.4 Å². The third kappa shape index (κ3) is 5.00. The predicted molar refractivity (Wildman–Crippen MR) is 101 cm³/mol. The Hall–Kier alpha value is -2.51. The second kappa shape index (κ2) is 8.73. The molecule has 134 valence electrons. The maximum absolute atomic E-state index is 12.1. The monoisotopic (exact) mass is 389 g/mol. The van der Waals surface area contributed by atoms with Gasteiger partial charge in [0.15, 0.2) is 0 Å². The first-order valence-electron chi connectivity index (χ1n) is 7.76. The molecule has 1 amide bonds. The average Bonchev–Trinajstić information content (AvgIpc) is 3.08. The van der Waals surface area contributed by atoms with Crippen LogP contribution in [0.4, 0.5) is 5.69 Å². The third-order valence-electron chi connectivity index (χ3n) is 3.41. The smallest absolute Gasteiger partial charge is 0.277 e. The van der Waals surface area contributed by atoms with Gasteiger partial charge in [0.25, 0.3) is 5.22 Å². The largest absolute Gasteiger partial charge is 0.495 e. The van der Waals surface area contributed by atoms with Gasteiger partial charge in [-0.25, -0.2) is 0 Å². The van der Waals surface area contributed by atoms with Gasteiger partial charge in [0.05, 0.1) is 25.0 Å². The van der Waals surface area contributed by atoms with Gasteiger partial charge in [-0.05, 0) is 23.8 Å². The van der Waals surface area contributed by atoms with E-state index in [2.05, 4.69) is 15.5 Å². The first kappa shape index (κ1) is 18.3. The number of hydrogen-bond donors (Lipinski definition) is 1. The molecule has 6 nitrogen and oxygen atoms in total. The molecule has 8 heteroatoms. The van der Waals surface area contributed by atoms with Gasteiger partial charge < -0.3 is 14.5 Å². The van der Waals surface area contributed by atoms with Crippen molar-refractivity contribution in [3.05, 3.63) is 65.0 Å². The van der Waals surface area contributed by atoms with Gasteiger partial charge in [-0.1, -0.05) is 53.7 Å². The number of halogens is 1. The molecule has 3 rings (SSSR count). The molecule has 0 unspecified atom stereocenters. The van der Waals surface area contributed by atoms with Gasteiger partial charge in [-0.2, -0.15) is 0 Å². The van der Waals surface area contributed by atoms with Crippen LogP contribution in [0, 0.1) is 0 Å². The summed E-state index contributed by atoms with van der Waals surface area (Å²) >= 11 is 7.12. The molecular formula is C18H16ClN3O3S. The van der Waals surface area contributed by atoms with Gasteiger partial charge in [0, 0.05) is 5.02 Å². The minimum atomic E-state index is -0.224. The fourth-order valence-corrected chi connectivity index (χ4v) is 2.98. The average molecular weight is 390 g/mol. The number of carbonyl (C=O) groups is 1. The van der Waals surface area contributed by atoms with Crippen molar-refractivity contribution in [3.8, 4) is 5.75 Å². The Kier molecular flexibility index (Phi) is 6.14. The van der Waals surface area contributed by atoms with E-state index in [0.717, 1.165) is 5.56 Å². The lowest BCUT2D eigenvalue weighted by atomic mass is 10.2. The predicted octanol–water partition coefficient (Wildman–Crippen LogP) is 4.05. The van der Waals surface area contributed by atoms with Crippen LogP contribution in [0.2, 0.25) is 5.02 Å². The van der Waals surface area contributed by atoms with E-state index in [9.17, 15) is 4.79 Å². The van der Waals surface area contributed by atoms with E-state index in [4.69, 9.17) is 20.8 Å². The van der Waals surface area contributed by atoms with Gasteiger partial charge in [-0.15, -0.1) is 10.2 Å². The van der Waals surface area contributed by atoms with Crippen molar-refractivity contribution in [2.24, 2.45) is 0 Å². The van der Waals surface area contributed by atoms with Crippen molar-refractivity contribution in [2.75, 3.05) is 18.2 Å². The van der Waals surface area contributed by atoms with E-state index in [1.807, 2.05) is 30.3 Å². The van der Waals surface area contributed by atoms with Crippen molar-refractivity contribution in [1.29, 1.82) is 0 Å². The number of amides is 1. The van der Waals surface area contributed by atoms with Crippen molar-refractivity contribution < 1.29 is 13.9 Å². The highest BCUT2D eigenvalue weighted by Crippen LogP contribution is 2.28. The molecule has 0 aliphatic carbocycles. The van der Waals surface area contributed by atoms with Crippen LogP contribution in [-0.4, -0.2) is 29.0 Å². The molecule has 0 aliphatic heterocycles. The van der Waals surface area contributed by atoms with E-state index in [0.29, 0.717) is 34.0 Å². The molecule has 2 aromatic carbocycles. The van der Waals surface area contributed by atoms with Crippen LogP contribution in [0.1, 0.15) is 11.5 Å². The Labute approximate surface area is 159 Å². The summed E-state index contributed by atoms with van der Waals surface area (Å²) in [6, 6.07) is 14.9. The molecule has 26 heavy (non-hydrogen) atoms. The fourth-order valence-electron chi connectivity index (χ4n) is 2.23. The minimum Gasteiger partial charge on any atom is -0.495 e. The number of benzene rings is 2. The Morgan fingerprint density at radius 1 is 1.23 bits per heavy atom. The first-order valence-corrected chi connectivity index (χ1v) is 9.13. The van der Waals surface area contributed by atoms with Crippen LogP contribution < -0.4 is 10.1 Å². The second-order valence-corrected chi connectivity index (χ2v) is 6.67. The van der Waals surface area contributed by atoms with E-state index in [1.165, 1.54) is 18.9 Å². The lowest BCUT2D eigenvalue weighted by Gasteiger charge is -2.09. The van der Waals surface area contributed by atoms with E-state index < -0.39 is 0 Å². The number of thioether (sulfide) groups is 1. The number of aromatic nitrogens is 2. The summed E-state index contributed by atoms with van der Waals surface area (Å²) in [6.45, 7) is 0. The summed E-state index contributed by atoms with van der Waals surface area (Å²) in [5.74, 6) is 0.951. The second-order valence-electron chi connectivity index (χ2n) is 5.31. The SMILES string of the molecule is COc1ccc(Cl)cc1NC(=O)CSc1nnc(Cc2ccccc2)o1. The number of methoxy groups -OCH3 is 1. The van der Waals surface area contributed by atoms with Crippen LogP contribution in [-0.2, 0) is 11.2 Å². The molecule has 0 aliphatic rings. The quantitative estimate of drug-likeness (QED) is 0.614. The summed E-state index contributed by atoms with van der Waals surface area (Å²) < 4.78 is 10.8. The highest BCUT2D eigenvalue weighted by atomic mass is 35.5. The first-order chi connectivity index (χ1) is 12.6. The van der Waals surface area contributed by atoms with E-state index >= 15 is 0 Å². The lowest BCUT2D eigenvalue weighted by molar-refractivity contribution is -0.113. The number of nitrogens with zero attached hydrogens (tertiary/aromatic N) is 2. The Balaban J connectivity index is 1.54. The summed E-state index contributed by atoms with van der Waals surface area (Å²) in [5.41, 5.74) is 1.60. The summed E-state index contributed by atoms with van der Waals surface area (Å²) in [5, 5.41) is 11.6. The number of hydrogen-bond acceptors (Lipinski definition) is 6. The standard InChI is InChI=1S/C18H16ClN3O3S/c1-24-15-8-7-13(19)10-14(15)20-16(23)11-26-18-22-21-17(25-18)9-12-5-3-2-4-6-12/h2-8,10H,9,11H2,1H3,(H,20,23). The molecule has 0 saturated carbocycles. The number of carbonyl (C=O) groups excluding carboxylic acids is 1. The van der Waals surface area contributed by atoms with Crippen molar-refractivity contribution in [2.45, 2.75) is 11.6 Å². The number of ether oxygens (including phenoxy) is 1. The van der Waals surface area contributed by atoms with Crippen molar-refractivity contribution >= 4 is 35.0 Å². The molecule has 0 fully saturated rings. The Morgan fingerprint density at radius 3 is 2.81 bits per heavy atom. The zero-order valence-corrected chi connectivity index (χ0v) is 15.5. The molecule has 0 atom stereocenters. The van der Waals surface area contributed by atoms with Gasteiger partial charge >= 0.3 is 0 Å². The molecular weight excluding hydrogens is 374 g/mol. The van der Waals surface area contributed by atoms with Crippen molar-refractivity contribution in [3.63, 3.8) is 0 Å². The molecule has 1 N–H and O–H groups in total. The molecule has 0 spiro atoms. The highest BCUT2D eigenvalue weighted by molar-refractivity contribution is 7.99. The molecule has 0 bridgehead atoms. The number of anilines is 1. The molecule has 1 aromatic heterocycles. The lowest BCUT2D eigenvalue weighted by Crippen LogP contribution is -2.14. The zero-order chi connectivity index (χ0) is 18.4. The van der Waals surface area contributed by atoms with Crippen LogP contribution in [0.15, 0.2) is 58.2 Å². The number of rotatable bonds is 7. The minimum absolute atomic E-state index is 0.128. The molecule has 0 saturated heterocycles. The molecule has 3 aromatic rings. The zero-order valence-electron chi connectivity index (χ0n) is 13.9. The van der Waals surface area contributed by atoms with E-state index in [-0.39, 0.29) is 11.7 Å². The Morgan fingerprint density at radius 2 is 2.04 bits per heavy atom. The summed E-state index contributed by atoms with van der Waals surface area (Å²) in [6.07, 6.45) is 0.556. The van der Waals surface area contributed by atoms with Gasteiger partial charge in [-0.3, -0.25) is 4.79 Å². The van der Waals surface area contributed by atoms with Crippen LogP contribution in [0.3, 0.4) is 0 Å². The maximum Gasteiger partial charge on any atom is 0.277 e. The third-order valence-corrected chi connectivity index (χ3v) is 4.46. The van der Waals surface area contributed by atoms with Crippen LogP contribution in [0.5, 0.6) is 5.75 Å². The van der Waals surface area contributed by atoms with Gasteiger partial charge in [0.2, 0.25) is 11.8 Å². The maximum atomic E-state index is 12.1. The normalized spacial score (nSPS) is 10.5.